The van der Waals surface area contributed by atoms with Gasteiger partial charge in [0.1, 0.15) is 5.82 Å². The minimum Gasteiger partial charge on any atom is -0.395 e. The average Bonchev–Trinajstić information content (AvgIpc) is 2.77. The first-order valence-electron chi connectivity index (χ1n) is 6.12. The van der Waals surface area contributed by atoms with Gasteiger partial charge in [-0.3, -0.25) is 9.47 Å². The number of benzene rings is 1. The number of imidazole rings is 1. The van der Waals surface area contributed by atoms with E-state index in [1.165, 1.54) is 0 Å². The Bertz CT molecular complexity index is 556. The molecule has 1 aromatic heterocycles. The quantitative estimate of drug-likeness (QED) is 0.906. The number of fused-ring (bicyclic) bond motifs is 1. The molecular formula is C13H17F2N3O. The molecular weight excluding hydrogens is 252 g/mol. The molecule has 0 aliphatic heterocycles. The Morgan fingerprint density at radius 1 is 1.37 bits per heavy atom. The van der Waals surface area contributed by atoms with E-state index >= 15 is 0 Å². The number of hydrogen-bond donors (Lipinski definition) is 1. The summed E-state index contributed by atoms with van der Waals surface area (Å²) >= 11 is 0. The Kier molecular flexibility index (Phi) is 4.11. The summed E-state index contributed by atoms with van der Waals surface area (Å²) in [5.74, 6) is 0.312. The summed E-state index contributed by atoms with van der Waals surface area (Å²) in [4.78, 5) is 6.09. The molecule has 6 heteroatoms. The summed E-state index contributed by atoms with van der Waals surface area (Å²) in [5, 5.41) is 8.93. The number of para-hydroxylation sites is 2. The fraction of sp³-hybridized carbons (Fsp3) is 0.462. The standard InChI is InChI=1S/C13H17F2N3O/c1-9(17(2)7-8-19)12-16-10-5-3-4-6-11(10)18(12)13(14)15/h3-6,9,13,19H,7-8H2,1-2H3. The molecule has 2 rings (SSSR count). The second-order valence-corrected chi connectivity index (χ2v) is 4.49. The number of aromatic nitrogens is 2. The summed E-state index contributed by atoms with van der Waals surface area (Å²) in [5.41, 5.74) is 0.985. The van der Waals surface area contributed by atoms with Gasteiger partial charge < -0.3 is 5.11 Å². The third-order valence-corrected chi connectivity index (χ3v) is 3.31. The summed E-state index contributed by atoms with van der Waals surface area (Å²) in [6.07, 6.45) is 0. The first-order chi connectivity index (χ1) is 9.06. The largest absolute Gasteiger partial charge is 0.395 e. The van der Waals surface area contributed by atoms with Crippen molar-refractivity contribution in [1.82, 2.24) is 14.5 Å². The molecule has 1 heterocycles. The number of aliphatic hydroxyl groups is 1. The van der Waals surface area contributed by atoms with Gasteiger partial charge in [0.05, 0.1) is 23.7 Å². The van der Waals surface area contributed by atoms with Gasteiger partial charge in [0.15, 0.2) is 0 Å². The van der Waals surface area contributed by atoms with Crippen molar-refractivity contribution in [3.05, 3.63) is 30.1 Å². The maximum Gasteiger partial charge on any atom is 0.320 e. The molecule has 0 fully saturated rings. The van der Waals surface area contributed by atoms with Crippen molar-refractivity contribution < 1.29 is 13.9 Å². The molecule has 0 bridgehead atoms. The Morgan fingerprint density at radius 2 is 2.05 bits per heavy atom. The summed E-state index contributed by atoms with van der Waals surface area (Å²) in [7, 11) is 1.77. The van der Waals surface area contributed by atoms with Gasteiger partial charge in [-0.05, 0) is 26.1 Å². The van der Waals surface area contributed by atoms with E-state index in [9.17, 15) is 8.78 Å². The van der Waals surface area contributed by atoms with Gasteiger partial charge in [-0.15, -0.1) is 0 Å². The van der Waals surface area contributed by atoms with Crippen molar-refractivity contribution >= 4 is 11.0 Å². The molecule has 0 amide bonds. The van der Waals surface area contributed by atoms with Crippen molar-refractivity contribution in [2.24, 2.45) is 0 Å². The lowest BCUT2D eigenvalue weighted by atomic mass is 10.3. The average molecular weight is 269 g/mol. The molecule has 19 heavy (non-hydrogen) atoms. The van der Waals surface area contributed by atoms with E-state index in [1.54, 1.807) is 43.1 Å². The number of alkyl halides is 2. The van der Waals surface area contributed by atoms with Crippen LogP contribution in [0, 0.1) is 0 Å². The Hall–Kier alpha value is -1.53. The van der Waals surface area contributed by atoms with Crippen LogP contribution in [0.3, 0.4) is 0 Å². The lowest BCUT2D eigenvalue weighted by Crippen LogP contribution is -2.28. The maximum atomic E-state index is 13.3. The molecule has 0 saturated heterocycles. The molecule has 1 N–H and O–H groups in total. The van der Waals surface area contributed by atoms with E-state index in [1.807, 2.05) is 0 Å². The maximum absolute atomic E-state index is 13.3. The number of rotatable bonds is 5. The highest BCUT2D eigenvalue weighted by atomic mass is 19.3. The van der Waals surface area contributed by atoms with Crippen molar-refractivity contribution in [3.8, 4) is 0 Å². The number of hydrogen-bond acceptors (Lipinski definition) is 3. The molecule has 0 aliphatic carbocycles. The molecule has 104 valence electrons. The topological polar surface area (TPSA) is 41.3 Å². The van der Waals surface area contributed by atoms with Crippen LogP contribution in [0.2, 0.25) is 0 Å². The monoisotopic (exact) mass is 269 g/mol. The summed E-state index contributed by atoms with van der Waals surface area (Å²) in [6, 6.07) is 6.55. The van der Waals surface area contributed by atoms with Crippen LogP contribution in [0.15, 0.2) is 24.3 Å². The van der Waals surface area contributed by atoms with Gasteiger partial charge in [-0.1, -0.05) is 12.1 Å². The second kappa shape index (κ2) is 5.63. The van der Waals surface area contributed by atoms with Crippen LogP contribution >= 0.6 is 0 Å². The van der Waals surface area contributed by atoms with Gasteiger partial charge in [-0.25, -0.2) is 4.98 Å². The minimum absolute atomic E-state index is 0.0181. The highest BCUT2D eigenvalue weighted by molar-refractivity contribution is 5.76. The van der Waals surface area contributed by atoms with Gasteiger partial charge in [0.25, 0.3) is 0 Å². The molecule has 4 nitrogen and oxygen atoms in total. The minimum atomic E-state index is -2.63. The van der Waals surface area contributed by atoms with Crippen LogP contribution in [0.5, 0.6) is 0 Å². The molecule has 0 saturated carbocycles. The van der Waals surface area contributed by atoms with Gasteiger partial charge in [0, 0.05) is 6.54 Å². The fourth-order valence-electron chi connectivity index (χ4n) is 2.11. The lowest BCUT2D eigenvalue weighted by molar-refractivity contribution is 0.0652. The van der Waals surface area contributed by atoms with E-state index in [-0.39, 0.29) is 12.6 Å². The van der Waals surface area contributed by atoms with Crippen LogP contribution in [-0.4, -0.2) is 39.8 Å². The number of halogens is 2. The predicted molar refractivity (Wildman–Crippen MR) is 69.1 cm³/mol. The molecule has 0 spiro atoms. The van der Waals surface area contributed by atoms with Crippen LogP contribution in [0.1, 0.15) is 25.3 Å². The predicted octanol–water partition coefficient (Wildman–Crippen LogP) is 2.42. The van der Waals surface area contributed by atoms with E-state index in [0.717, 1.165) is 4.57 Å². The molecule has 1 unspecified atom stereocenters. The summed E-state index contributed by atoms with van der Waals surface area (Å²) in [6.45, 7) is -0.438. The molecule has 2 aromatic rings. The van der Waals surface area contributed by atoms with E-state index in [0.29, 0.717) is 23.4 Å². The Labute approximate surface area is 110 Å². The lowest BCUT2D eigenvalue weighted by Gasteiger charge is -2.24. The van der Waals surface area contributed by atoms with E-state index in [2.05, 4.69) is 4.98 Å². The number of likely N-dealkylation sites (N-methyl/N-ethyl adjacent to an activating group) is 1. The van der Waals surface area contributed by atoms with E-state index < -0.39 is 6.55 Å². The van der Waals surface area contributed by atoms with Crippen LogP contribution < -0.4 is 0 Å². The SMILES string of the molecule is CC(c1nc2ccccc2n1C(F)F)N(C)CCO. The van der Waals surface area contributed by atoms with Gasteiger partial charge in [0.2, 0.25) is 0 Å². The highest BCUT2D eigenvalue weighted by Crippen LogP contribution is 2.28. The van der Waals surface area contributed by atoms with Crippen molar-refractivity contribution in [2.45, 2.75) is 19.5 Å². The van der Waals surface area contributed by atoms with E-state index in [4.69, 9.17) is 5.11 Å². The van der Waals surface area contributed by atoms with Crippen molar-refractivity contribution in [2.75, 3.05) is 20.2 Å². The van der Waals surface area contributed by atoms with Gasteiger partial charge in [-0.2, -0.15) is 8.78 Å². The zero-order valence-electron chi connectivity index (χ0n) is 10.9. The third-order valence-electron chi connectivity index (χ3n) is 3.31. The zero-order valence-corrected chi connectivity index (χ0v) is 10.9. The molecule has 1 atom stereocenters. The van der Waals surface area contributed by atoms with Crippen molar-refractivity contribution in [3.63, 3.8) is 0 Å². The van der Waals surface area contributed by atoms with Gasteiger partial charge >= 0.3 is 6.55 Å². The Morgan fingerprint density at radius 3 is 2.68 bits per heavy atom. The summed E-state index contributed by atoms with van der Waals surface area (Å²) < 4.78 is 27.5. The van der Waals surface area contributed by atoms with Crippen LogP contribution in [-0.2, 0) is 0 Å². The highest BCUT2D eigenvalue weighted by Gasteiger charge is 2.23. The van der Waals surface area contributed by atoms with Crippen molar-refractivity contribution in [1.29, 1.82) is 0 Å². The van der Waals surface area contributed by atoms with Crippen LogP contribution in [0.4, 0.5) is 8.78 Å². The molecule has 1 aromatic carbocycles. The third kappa shape index (κ3) is 2.59. The zero-order chi connectivity index (χ0) is 14.0. The first kappa shape index (κ1) is 13.9. The second-order valence-electron chi connectivity index (χ2n) is 4.49. The number of aliphatic hydroxyl groups excluding tert-OH is 1. The van der Waals surface area contributed by atoms with Crippen LogP contribution in [0.25, 0.3) is 11.0 Å². The Balaban J connectivity index is 2.50. The number of nitrogens with zero attached hydrogens (tertiary/aromatic N) is 3. The normalized spacial score (nSPS) is 13.6. The first-order valence-corrected chi connectivity index (χ1v) is 6.12. The molecule has 0 radical (unpaired) electrons. The fourth-order valence-corrected chi connectivity index (χ4v) is 2.11. The smallest absolute Gasteiger partial charge is 0.320 e. The molecule has 0 aliphatic rings.